The molecule has 2 aromatic carbocycles. The fraction of sp³-hybridized carbons (Fsp3) is 0.200. The second-order valence-corrected chi connectivity index (χ2v) is 5.00. The molecule has 0 spiro atoms. The molecule has 19 heavy (non-hydrogen) atoms. The van der Waals surface area contributed by atoms with E-state index in [0.29, 0.717) is 15.6 Å². The Kier molecular flexibility index (Phi) is 4.83. The maximum absolute atomic E-state index is 10.4. The smallest absolute Gasteiger partial charge is 0.112 e. The molecule has 0 amide bonds. The Morgan fingerprint density at radius 1 is 0.947 bits per heavy atom. The SMILES string of the molecule is COC(c1ccccc1)C(O)c1ccc(Cl)c(Cl)c1. The lowest BCUT2D eigenvalue weighted by Gasteiger charge is -2.22. The maximum Gasteiger partial charge on any atom is 0.112 e. The van der Waals surface area contributed by atoms with Gasteiger partial charge >= 0.3 is 0 Å². The van der Waals surface area contributed by atoms with Crippen LogP contribution in [0.2, 0.25) is 10.0 Å². The molecule has 0 radical (unpaired) electrons. The molecule has 0 heterocycles. The van der Waals surface area contributed by atoms with E-state index in [4.69, 9.17) is 27.9 Å². The van der Waals surface area contributed by atoms with Crippen LogP contribution in [0.5, 0.6) is 0 Å². The quantitative estimate of drug-likeness (QED) is 0.905. The number of hydrogen-bond acceptors (Lipinski definition) is 2. The first kappa shape index (κ1) is 14.4. The highest BCUT2D eigenvalue weighted by molar-refractivity contribution is 6.42. The van der Waals surface area contributed by atoms with Gasteiger partial charge in [0.15, 0.2) is 0 Å². The van der Waals surface area contributed by atoms with Crippen molar-refractivity contribution in [2.24, 2.45) is 0 Å². The number of aliphatic hydroxyl groups excluding tert-OH is 1. The van der Waals surface area contributed by atoms with Crippen LogP contribution in [0.4, 0.5) is 0 Å². The zero-order valence-corrected chi connectivity index (χ0v) is 11.9. The average molecular weight is 297 g/mol. The lowest BCUT2D eigenvalue weighted by Crippen LogP contribution is -2.12. The molecule has 0 aliphatic heterocycles. The largest absolute Gasteiger partial charge is 0.385 e. The number of halogens is 2. The molecule has 0 aromatic heterocycles. The summed E-state index contributed by atoms with van der Waals surface area (Å²) in [6.07, 6.45) is -1.25. The minimum Gasteiger partial charge on any atom is -0.385 e. The Bertz CT molecular complexity index is 543. The van der Waals surface area contributed by atoms with E-state index in [-0.39, 0.29) is 0 Å². The highest BCUT2D eigenvalue weighted by Crippen LogP contribution is 2.34. The van der Waals surface area contributed by atoms with Crippen LogP contribution in [0, 0.1) is 0 Å². The van der Waals surface area contributed by atoms with E-state index in [1.807, 2.05) is 30.3 Å². The monoisotopic (exact) mass is 296 g/mol. The van der Waals surface area contributed by atoms with Gasteiger partial charge < -0.3 is 9.84 Å². The van der Waals surface area contributed by atoms with Gasteiger partial charge in [0, 0.05) is 7.11 Å². The highest BCUT2D eigenvalue weighted by Gasteiger charge is 2.22. The second kappa shape index (κ2) is 6.40. The van der Waals surface area contributed by atoms with E-state index < -0.39 is 12.2 Å². The van der Waals surface area contributed by atoms with Gasteiger partial charge in [0.05, 0.1) is 10.0 Å². The van der Waals surface area contributed by atoms with Crippen molar-refractivity contribution in [1.82, 2.24) is 0 Å². The normalized spacial score (nSPS) is 14.1. The third kappa shape index (κ3) is 3.28. The van der Waals surface area contributed by atoms with Crippen molar-refractivity contribution in [3.05, 3.63) is 69.7 Å². The molecular formula is C15H14Cl2O2. The summed E-state index contributed by atoms with van der Waals surface area (Å²) < 4.78 is 5.40. The molecule has 0 aliphatic rings. The fourth-order valence-electron chi connectivity index (χ4n) is 1.96. The van der Waals surface area contributed by atoms with E-state index in [1.165, 1.54) is 0 Å². The van der Waals surface area contributed by atoms with Crippen LogP contribution in [-0.4, -0.2) is 12.2 Å². The van der Waals surface area contributed by atoms with Crippen molar-refractivity contribution in [3.8, 4) is 0 Å². The first-order valence-electron chi connectivity index (χ1n) is 5.84. The summed E-state index contributed by atoms with van der Waals surface area (Å²) in [5.74, 6) is 0. The Morgan fingerprint density at radius 3 is 2.21 bits per heavy atom. The Hall–Kier alpha value is -1.06. The van der Waals surface area contributed by atoms with Gasteiger partial charge in [-0.1, -0.05) is 59.6 Å². The topological polar surface area (TPSA) is 29.5 Å². The Morgan fingerprint density at radius 2 is 1.63 bits per heavy atom. The number of methoxy groups -OCH3 is 1. The van der Waals surface area contributed by atoms with Gasteiger partial charge in [0.25, 0.3) is 0 Å². The van der Waals surface area contributed by atoms with Crippen LogP contribution >= 0.6 is 23.2 Å². The molecule has 1 N–H and O–H groups in total. The molecule has 2 rings (SSSR count). The number of hydrogen-bond donors (Lipinski definition) is 1. The van der Waals surface area contributed by atoms with E-state index in [9.17, 15) is 5.11 Å². The summed E-state index contributed by atoms with van der Waals surface area (Å²) in [6, 6.07) is 14.6. The van der Waals surface area contributed by atoms with Crippen LogP contribution in [0.15, 0.2) is 48.5 Å². The van der Waals surface area contributed by atoms with Crippen LogP contribution in [0.25, 0.3) is 0 Å². The molecule has 100 valence electrons. The first-order chi connectivity index (χ1) is 9.13. The molecule has 0 aliphatic carbocycles. The minimum absolute atomic E-state index is 0.418. The highest BCUT2D eigenvalue weighted by atomic mass is 35.5. The van der Waals surface area contributed by atoms with Gasteiger partial charge in [0.1, 0.15) is 12.2 Å². The van der Waals surface area contributed by atoms with Gasteiger partial charge in [-0.3, -0.25) is 0 Å². The summed E-state index contributed by atoms with van der Waals surface area (Å²) in [7, 11) is 1.57. The summed E-state index contributed by atoms with van der Waals surface area (Å²) in [6.45, 7) is 0. The average Bonchev–Trinajstić information content (AvgIpc) is 2.44. The standard InChI is InChI=1S/C15H14Cl2O2/c1-19-15(10-5-3-2-4-6-10)14(18)11-7-8-12(16)13(17)9-11/h2-9,14-15,18H,1H3. The van der Waals surface area contributed by atoms with Crippen molar-refractivity contribution in [2.75, 3.05) is 7.11 Å². The second-order valence-electron chi connectivity index (χ2n) is 4.19. The van der Waals surface area contributed by atoms with E-state index in [2.05, 4.69) is 0 Å². The number of rotatable bonds is 4. The summed E-state index contributed by atoms with van der Waals surface area (Å²) in [4.78, 5) is 0. The Labute approximate surface area is 122 Å². The van der Waals surface area contributed by atoms with Gasteiger partial charge in [-0.15, -0.1) is 0 Å². The molecule has 0 bridgehead atoms. The third-order valence-corrected chi connectivity index (χ3v) is 3.69. The van der Waals surface area contributed by atoms with Gasteiger partial charge in [-0.2, -0.15) is 0 Å². The number of aliphatic hydroxyl groups is 1. The minimum atomic E-state index is -0.804. The molecule has 0 saturated carbocycles. The van der Waals surface area contributed by atoms with Crippen LogP contribution in [0.1, 0.15) is 23.3 Å². The molecule has 0 fully saturated rings. The molecule has 2 unspecified atom stereocenters. The van der Waals surface area contributed by atoms with E-state index in [0.717, 1.165) is 5.56 Å². The lowest BCUT2D eigenvalue weighted by molar-refractivity contribution is -0.0149. The fourth-order valence-corrected chi connectivity index (χ4v) is 2.27. The van der Waals surface area contributed by atoms with Gasteiger partial charge in [-0.05, 0) is 23.3 Å². The molecule has 0 saturated heterocycles. The van der Waals surface area contributed by atoms with Crippen molar-refractivity contribution < 1.29 is 9.84 Å². The maximum atomic E-state index is 10.4. The van der Waals surface area contributed by atoms with Crippen molar-refractivity contribution >= 4 is 23.2 Å². The van der Waals surface area contributed by atoms with Crippen molar-refractivity contribution in [2.45, 2.75) is 12.2 Å². The molecule has 2 atom stereocenters. The first-order valence-corrected chi connectivity index (χ1v) is 6.60. The molecule has 2 aromatic rings. The van der Waals surface area contributed by atoms with Crippen molar-refractivity contribution in [3.63, 3.8) is 0 Å². The summed E-state index contributed by atoms with van der Waals surface area (Å²) in [5, 5.41) is 11.3. The predicted octanol–water partition coefficient (Wildman–Crippen LogP) is 4.41. The molecular weight excluding hydrogens is 283 g/mol. The summed E-state index contributed by atoms with van der Waals surface area (Å²) >= 11 is 11.8. The summed E-state index contributed by atoms with van der Waals surface area (Å²) in [5.41, 5.74) is 1.58. The lowest BCUT2D eigenvalue weighted by atomic mass is 9.98. The van der Waals surface area contributed by atoms with Crippen molar-refractivity contribution in [1.29, 1.82) is 0 Å². The number of benzene rings is 2. The van der Waals surface area contributed by atoms with Gasteiger partial charge in [0.2, 0.25) is 0 Å². The van der Waals surface area contributed by atoms with E-state index >= 15 is 0 Å². The van der Waals surface area contributed by atoms with Crippen LogP contribution < -0.4 is 0 Å². The predicted molar refractivity (Wildman–Crippen MR) is 77.6 cm³/mol. The Balaban J connectivity index is 2.30. The van der Waals surface area contributed by atoms with Crippen LogP contribution in [0.3, 0.4) is 0 Å². The van der Waals surface area contributed by atoms with Crippen LogP contribution in [-0.2, 0) is 4.74 Å². The zero-order valence-electron chi connectivity index (χ0n) is 10.4. The van der Waals surface area contributed by atoms with E-state index in [1.54, 1.807) is 25.3 Å². The number of ether oxygens (including phenoxy) is 1. The molecule has 4 heteroatoms. The third-order valence-electron chi connectivity index (χ3n) is 2.95. The zero-order chi connectivity index (χ0) is 13.8. The van der Waals surface area contributed by atoms with Gasteiger partial charge in [-0.25, -0.2) is 0 Å². The molecule has 2 nitrogen and oxygen atoms in total.